The molecule has 0 saturated carbocycles. The summed E-state index contributed by atoms with van der Waals surface area (Å²) < 4.78 is 26.3. The van der Waals surface area contributed by atoms with Crippen molar-refractivity contribution in [3.8, 4) is 0 Å². The minimum absolute atomic E-state index is 0.188. The zero-order chi connectivity index (χ0) is 15.4. The van der Waals surface area contributed by atoms with Crippen molar-refractivity contribution in [2.24, 2.45) is 0 Å². The summed E-state index contributed by atoms with van der Waals surface area (Å²) in [6, 6.07) is 6.43. The molecule has 0 saturated heterocycles. The van der Waals surface area contributed by atoms with E-state index in [9.17, 15) is 13.6 Å². The average Bonchev–Trinajstić information content (AvgIpc) is 2.45. The van der Waals surface area contributed by atoms with Crippen LogP contribution in [0.4, 0.5) is 14.6 Å². The van der Waals surface area contributed by atoms with Crippen molar-refractivity contribution in [3.63, 3.8) is 0 Å². The Kier molecular flexibility index (Phi) is 4.47. The monoisotopic (exact) mass is 291 g/mol. The van der Waals surface area contributed by atoms with E-state index in [1.54, 1.807) is 12.3 Å². The minimum Gasteiger partial charge on any atom is -0.362 e. The summed E-state index contributed by atoms with van der Waals surface area (Å²) in [4.78, 5) is 18.0. The van der Waals surface area contributed by atoms with E-state index in [-0.39, 0.29) is 12.1 Å². The fourth-order valence-corrected chi connectivity index (χ4v) is 1.92. The number of amides is 1. The largest absolute Gasteiger partial charge is 0.362 e. The van der Waals surface area contributed by atoms with Crippen molar-refractivity contribution >= 4 is 11.7 Å². The van der Waals surface area contributed by atoms with Gasteiger partial charge in [-0.2, -0.15) is 0 Å². The smallest absolute Gasteiger partial charge is 0.254 e. The molecular formula is C15H15F2N3O. The lowest BCUT2D eigenvalue weighted by Crippen LogP contribution is -2.25. The highest BCUT2D eigenvalue weighted by atomic mass is 19.1. The van der Waals surface area contributed by atoms with Crippen LogP contribution in [0.25, 0.3) is 0 Å². The van der Waals surface area contributed by atoms with Crippen LogP contribution < -0.4 is 10.2 Å². The number of carbonyl (C=O) groups excluding carboxylic acids is 1. The van der Waals surface area contributed by atoms with Crippen LogP contribution in [-0.2, 0) is 6.54 Å². The second-order valence-corrected chi connectivity index (χ2v) is 4.69. The van der Waals surface area contributed by atoms with Crippen LogP contribution in [0.5, 0.6) is 0 Å². The van der Waals surface area contributed by atoms with E-state index in [1.165, 1.54) is 0 Å². The molecule has 1 aromatic carbocycles. The highest BCUT2D eigenvalue weighted by Crippen LogP contribution is 2.15. The molecule has 110 valence electrons. The van der Waals surface area contributed by atoms with Crippen molar-refractivity contribution in [3.05, 3.63) is 59.3 Å². The second kappa shape index (κ2) is 6.30. The predicted molar refractivity (Wildman–Crippen MR) is 76.1 cm³/mol. The Balaban J connectivity index is 2.11. The van der Waals surface area contributed by atoms with Gasteiger partial charge in [0.15, 0.2) is 0 Å². The zero-order valence-electron chi connectivity index (χ0n) is 11.7. The number of nitrogens with zero attached hydrogens (tertiary/aromatic N) is 2. The topological polar surface area (TPSA) is 45.2 Å². The summed E-state index contributed by atoms with van der Waals surface area (Å²) in [5, 5.41) is 2.60. The number of pyridine rings is 1. The van der Waals surface area contributed by atoms with E-state index in [0.29, 0.717) is 6.07 Å². The third kappa shape index (κ3) is 3.53. The van der Waals surface area contributed by atoms with Gasteiger partial charge in [0, 0.05) is 38.5 Å². The van der Waals surface area contributed by atoms with Crippen molar-refractivity contribution in [2.75, 3.05) is 19.0 Å². The lowest BCUT2D eigenvalue weighted by atomic mass is 10.2. The summed E-state index contributed by atoms with van der Waals surface area (Å²) in [6.45, 7) is 0.205. The summed E-state index contributed by atoms with van der Waals surface area (Å²) in [5.41, 5.74) is 0.616. The van der Waals surface area contributed by atoms with Crippen molar-refractivity contribution < 1.29 is 13.6 Å². The molecule has 0 spiro atoms. The highest BCUT2D eigenvalue weighted by Gasteiger charge is 2.13. The lowest BCUT2D eigenvalue weighted by Gasteiger charge is -2.16. The van der Waals surface area contributed by atoms with E-state index >= 15 is 0 Å². The molecule has 4 nitrogen and oxygen atoms in total. The van der Waals surface area contributed by atoms with Crippen LogP contribution in [0.3, 0.4) is 0 Å². The average molecular weight is 291 g/mol. The van der Waals surface area contributed by atoms with Crippen LogP contribution in [0.1, 0.15) is 15.9 Å². The maximum absolute atomic E-state index is 13.5. The summed E-state index contributed by atoms with van der Waals surface area (Å²) in [6.07, 6.45) is 1.65. The molecular weight excluding hydrogens is 276 g/mol. The number of hydrogen-bond acceptors (Lipinski definition) is 3. The zero-order valence-corrected chi connectivity index (χ0v) is 11.7. The number of halogens is 2. The quantitative estimate of drug-likeness (QED) is 0.940. The van der Waals surface area contributed by atoms with Crippen LogP contribution in [0, 0.1) is 11.6 Å². The number of nitrogens with one attached hydrogen (secondary N) is 1. The Hall–Kier alpha value is -2.50. The standard InChI is InChI=1S/C15H15F2N3O/c1-20(2)14-10(4-3-7-18-14)9-19-15(21)12-6-5-11(16)8-13(12)17/h3-8H,9H2,1-2H3,(H,19,21). The van der Waals surface area contributed by atoms with E-state index in [0.717, 1.165) is 23.5 Å². The summed E-state index contributed by atoms with van der Waals surface area (Å²) in [5.74, 6) is -1.48. The first-order valence-electron chi connectivity index (χ1n) is 6.33. The molecule has 0 unspecified atom stereocenters. The number of carbonyl (C=O) groups is 1. The number of benzene rings is 1. The van der Waals surface area contributed by atoms with Gasteiger partial charge in [0.05, 0.1) is 5.56 Å². The third-order valence-corrected chi connectivity index (χ3v) is 2.91. The Bertz CT molecular complexity index is 659. The summed E-state index contributed by atoms with van der Waals surface area (Å²) in [7, 11) is 3.68. The predicted octanol–water partition coefficient (Wildman–Crippen LogP) is 2.36. The molecule has 0 aliphatic heterocycles. The fraction of sp³-hybridized carbons (Fsp3) is 0.200. The van der Waals surface area contributed by atoms with Gasteiger partial charge in [-0.1, -0.05) is 6.07 Å². The number of rotatable bonds is 4. The van der Waals surface area contributed by atoms with E-state index in [4.69, 9.17) is 0 Å². The second-order valence-electron chi connectivity index (χ2n) is 4.69. The van der Waals surface area contributed by atoms with Gasteiger partial charge in [-0.3, -0.25) is 4.79 Å². The van der Waals surface area contributed by atoms with Gasteiger partial charge in [0.1, 0.15) is 17.5 Å². The summed E-state index contributed by atoms with van der Waals surface area (Å²) >= 11 is 0. The van der Waals surface area contributed by atoms with Gasteiger partial charge in [-0.25, -0.2) is 13.8 Å². The molecule has 1 N–H and O–H groups in total. The Morgan fingerprint density at radius 3 is 2.71 bits per heavy atom. The van der Waals surface area contributed by atoms with Crippen LogP contribution in [0.2, 0.25) is 0 Å². The number of aromatic nitrogens is 1. The molecule has 1 heterocycles. The molecule has 0 atom stereocenters. The minimum atomic E-state index is -0.883. The first-order chi connectivity index (χ1) is 9.99. The maximum Gasteiger partial charge on any atom is 0.254 e. The molecule has 1 amide bonds. The normalized spacial score (nSPS) is 10.3. The van der Waals surface area contributed by atoms with Gasteiger partial charge >= 0.3 is 0 Å². The van der Waals surface area contributed by atoms with E-state index < -0.39 is 17.5 Å². The molecule has 0 aliphatic rings. The highest BCUT2D eigenvalue weighted by molar-refractivity contribution is 5.94. The third-order valence-electron chi connectivity index (χ3n) is 2.91. The molecule has 0 bridgehead atoms. The van der Waals surface area contributed by atoms with Crippen molar-refractivity contribution in [1.82, 2.24) is 10.3 Å². The molecule has 1 aromatic heterocycles. The van der Waals surface area contributed by atoms with Crippen LogP contribution in [0.15, 0.2) is 36.5 Å². The first kappa shape index (κ1) is 14.9. The van der Waals surface area contributed by atoms with Crippen LogP contribution in [-0.4, -0.2) is 25.0 Å². The maximum atomic E-state index is 13.5. The molecule has 0 fully saturated rings. The van der Waals surface area contributed by atoms with Gasteiger partial charge in [0.25, 0.3) is 5.91 Å². The molecule has 21 heavy (non-hydrogen) atoms. The fourth-order valence-electron chi connectivity index (χ4n) is 1.92. The van der Waals surface area contributed by atoms with Crippen molar-refractivity contribution in [1.29, 1.82) is 0 Å². The molecule has 0 radical (unpaired) electrons. The molecule has 2 aromatic rings. The number of anilines is 1. The first-order valence-corrected chi connectivity index (χ1v) is 6.33. The Labute approximate surface area is 121 Å². The van der Waals surface area contributed by atoms with E-state index in [1.807, 2.05) is 25.1 Å². The lowest BCUT2D eigenvalue weighted by molar-refractivity contribution is 0.0947. The van der Waals surface area contributed by atoms with E-state index in [2.05, 4.69) is 10.3 Å². The SMILES string of the molecule is CN(C)c1ncccc1CNC(=O)c1ccc(F)cc1F. The molecule has 2 rings (SSSR count). The van der Waals surface area contributed by atoms with Crippen LogP contribution >= 0.6 is 0 Å². The van der Waals surface area contributed by atoms with Gasteiger partial charge in [-0.05, 0) is 18.2 Å². The van der Waals surface area contributed by atoms with Gasteiger partial charge in [-0.15, -0.1) is 0 Å². The van der Waals surface area contributed by atoms with Crippen molar-refractivity contribution in [2.45, 2.75) is 6.54 Å². The Morgan fingerprint density at radius 1 is 1.29 bits per heavy atom. The molecule has 6 heteroatoms. The Morgan fingerprint density at radius 2 is 2.05 bits per heavy atom. The number of hydrogen-bond donors (Lipinski definition) is 1. The van der Waals surface area contributed by atoms with Gasteiger partial charge in [0.2, 0.25) is 0 Å². The van der Waals surface area contributed by atoms with Gasteiger partial charge < -0.3 is 10.2 Å². The molecule has 0 aliphatic carbocycles.